The van der Waals surface area contributed by atoms with Crippen LogP contribution in [0.1, 0.15) is 5.56 Å². The normalized spacial score (nSPS) is 9.62. The predicted molar refractivity (Wildman–Crippen MR) is 64.0 cm³/mol. The summed E-state index contributed by atoms with van der Waals surface area (Å²) in [6, 6.07) is 7.25. The van der Waals surface area contributed by atoms with E-state index in [2.05, 4.69) is 32.8 Å². The van der Waals surface area contributed by atoms with E-state index in [4.69, 9.17) is 4.74 Å². The Balaban J connectivity index is 2.73. The van der Waals surface area contributed by atoms with Crippen molar-refractivity contribution in [1.29, 1.82) is 0 Å². The number of alkyl halides is 1. The summed E-state index contributed by atoms with van der Waals surface area (Å²) in [7, 11) is 1.39. The number of para-hydroxylation sites is 1. The Labute approximate surface area is 102 Å². The minimum absolute atomic E-state index is 0.0480. The van der Waals surface area contributed by atoms with Crippen molar-refractivity contribution >= 4 is 21.9 Å². The number of nitrogens with one attached hydrogen (secondary N) is 1. The highest BCUT2D eigenvalue weighted by Crippen LogP contribution is 2.20. The van der Waals surface area contributed by atoms with Gasteiger partial charge in [0.15, 0.2) is 0 Å². The number of carbonyl (C=O) groups is 1. The molecule has 0 aliphatic rings. The van der Waals surface area contributed by atoms with Gasteiger partial charge >= 0.3 is 5.97 Å². The SMILES string of the molecule is C=C(NOC)C(=O)Oc1ccccc1CBr. The van der Waals surface area contributed by atoms with Crippen molar-refractivity contribution in [2.45, 2.75) is 5.33 Å². The molecular weight excluding hydrogens is 274 g/mol. The third-order valence-electron chi connectivity index (χ3n) is 1.79. The number of hydroxylamine groups is 1. The van der Waals surface area contributed by atoms with Gasteiger partial charge in [0.2, 0.25) is 0 Å². The van der Waals surface area contributed by atoms with E-state index in [-0.39, 0.29) is 5.70 Å². The Bertz CT molecular complexity index is 393. The van der Waals surface area contributed by atoms with Gasteiger partial charge in [0.25, 0.3) is 0 Å². The molecule has 0 bridgehead atoms. The van der Waals surface area contributed by atoms with Gasteiger partial charge in [0.1, 0.15) is 11.4 Å². The van der Waals surface area contributed by atoms with Gasteiger partial charge in [-0.3, -0.25) is 10.3 Å². The zero-order valence-corrected chi connectivity index (χ0v) is 10.4. The van der Waals surface area contributed by atoms with Crippen molar-refractivity contribution < 1.29 is 14.4 Å². The molecule has 1 N–H and O–H groups in total. The fraction of sp³-hybridized carbons (Fsp3) is 0.182. The average molecular weight is 286 g/mol. The second kappa shape index (κ2) is 6.30. The van der Waals surface area contributed by atoms with Crippen LogP contribution in [0.15, 0.2) is 36.5 Å². The van der Waals surface area contributed by atoms with E-state index in [1.807, 2.05) is 12.1 Å². The quantitative estimate of drug-likeness (QED) is 0.296. The number of ether oxygens (including phenoxy) is 1. The molecule has 0 heterocycles. The third-order valence-corrected chi connectivity index (χ3v) is 2.40. The largest absolute Gasteiger partial charge is 0.422 e. The number of benzene rings is 1. The molecule has 16 heavy (non-hydrogen) atoms. The van der Waals surface area contributed by atoms with Crippen molar-refractivity contribution in [3.05, 3.63) is 42.1 Å². The Kier molecular flexibility index (Phi) is 5.01. The average Bonchev–Trinajstić information content (AvgIpc) is 2.30. The predicted octanol–water partition coefficient (Wildman–Crippen LogP) is 2.15. The molecule has 0 aliphatic carbocycles. The summed E-state index contributed by atoms with van der Waals surface area (Å²) in [6.07, 6.45) is 0. The van der Waals surface area contributed by atoms with Gasteiger partial charge in [0, 0.05) is 10.9 Å². The maximum Gasteiger partial charge on any atom is 0.361 e. The molecule has 0 aromatic heterocycles. The molecule has 1 aromatic rings. The lowest BCUT2D eigenvalue weighted by Gasteiger charge is -2.09. The molecule has 0 amide bonds. The molecule has 0 radical (unpaired) electrons. The molecule has 0 saturated heterocycles. The first-order valence-corrected chi connectivity index (χ1v) is 5.65. The molecule has 86 valence electrons. The topological polar surface area (TPSA) is 47.6 Å². The second-order valence-electron chi connectivity index (χ2n) is 2.92. The van der Waals surface area contributed by atoms with Crippen molar-refractivity contribution in [2.24, 2.45) is 0 Å². The van der Waals surface area contributed by atoms with E-state index in [9.17, 15) is 4.79 Å². The molecule has 1 aromatic carbocycles. The standard InChI is InChI=1S/C11H12BrNO3/c1-8(13-15-2)11(14)16-10-6-4-3-5-9(10)7-12/h3-6,13H,1,7H2,2H3. The minimum Gasteiger partial charge on any atom is -0.422 e. The van der Waals surface area contributed by atoms with E-state index in [1.165, 1.54) is 7.11 Å². The van der Waals surface area contributed by atoms with Crippen LogP contribution in [0.25, 0.3) is 0 Å². The number of halogens is 1. The summed E-state index contributed by atoms with van der Waals surface area (Å²) in [4.78, 5) is 16.1. The summed E-state index contributed by atoms with van der Waals surface area (Å²) >= 11 is 3.31. The lowest BCUT2D eigenvalue weighted by molar-refractivity contribution is -0.131. The maximum atomic E-state index is 11.5. The lowest BCUT2D eigenvalue weighted by Crippen LogP contribution is -2.22. The molecule has 4 nitrogen and oxygen atoms in total. The molecule has 0 unspecified atom stereocenters. The fourth-order valence-corrected chi connectivity index (χ4v) is 1.50. The van der Waals surface area contributed by atoms with Crippen LogP contribution in [-0.2, 0) is 15.0 Å². The first-order chi connectivity index (χ1) is 7.69. The van der Waals surface area contributed by atoms with Crippen LogP contribution >= 0.6 is 15.9 Å². The number of hydrogen-bond acceptors (Lipinski definition) is 4. The highest BCUT2D eigenvalue weighted by atomic mass is 79.9. The van der Waals surface area contributed by atoms with Crippen LogP contribution in [0.3, 0.4) is 0 Å². The van der Waals surface area contributed by atoms with E-state index in [1.54, 1.807) is 12.1 Å². The van der Waals surface area contributed by atoms with Gasteiger partial charge in [-0.15, -0.1) is 0 Å². The Morgan fingerprint density at radius 2 is 2.19 bits per heavy atom. The minimum atomic E-state index is -0.574. The summed E-state index contributed by atoms with van der Waals surface area (Å²) in [5, 5.41) is 0.612. The van der Waals surface area contributed by atoms with Crippen LogP contribution in [0.4, 0.5) is 0 Å². The Morgan fingerprint density at radius 3 is 2.81 bits per heavy atom. The van der Waals surface area contributed by atoms with Gasteiger partial charge in [-0.2, -0.15) is 0 Å². The van der Waals surface area contributed by atoms with E-state index in [0.29, 0.717) is 11.1 Å². The first-order valence-electron chi connectivity index (χ1n) is 4.53. The summed E-state index contributed by atoms with van der Waals surface area (Å²) < 4.78 is 5.14. The number of rotatable bonds is 5. The molecular formula is C11H12BrNO3. The second-order valence-corrected chi connectivity index (χ2v) is 3.48. The molecule has 0 fully saturated rings. The number of esters is 1. The highest BCUT2D eigenvalue weighted by molar-refractivity contribution is 9.08. The monoisotopic (exact) mass is 285 g/mol. The maximum absolute atomic E-state index is 11.5. The third kappa shape index (κ3) is 3.36. The molecule has 0 aliphatic heterocycles. The molecule has 0 saturated carbocycles. The van der Waals surface area contributed by atoms with Gasteiger partial charge in [-0.25, -0.2) is 4.79 Å². The summed E-state index contributed by atoms with van der Waals surface area (Å²) in [5.74, 6) is -0.0707. The number of hydrogen-bond donors (Lipinski definition) is 1. The molecule has 0 atom stereocenters. The molecule has 5 heteroatoms. The van der Waals surface area contributed by atoms with Gasteiger partial charge in [-0.05, 0) is 6.07 Å². The van der Waals surface area contributed by atoms with Crippen molar-refractivity contribution in [3.8, 4) is 5.75 Å². The summed E-state index contributed by atoms with van der Waals surface area (Å²) in [5.41, 5.74) is 3.26. The Hall–Kier alpha value is -1.33. The van der Waals surface area contributed by atoms with Crippen molar-refractivity contribution in [1.82, 2.24) is 5.48 Å². The lowest BCUT2D eigenvalue weighted by atomic mass is 10.2. The van der Waals surface area contributed by atoms with Crippen LogP contribution in [0, 0.1) is 0 Å². The van der Waals surface area contributed by atoms with E-state index >= 15 is 0 Å². The molecule has 0 spiro atoms. The van der Waals surface area contributed by atoms with E-state index < -0.39 is 5.97 Å². The van der Waals surface area contributed by atoms with Crippen molar-refractivity contribution in [3.63, 3.8) is 0 Å². The zero-order chi connectivity index (χ0) is 12.0. The van der Waals surface area contributed by atoms with Crippen LogP contribution in [0.2, 0.25) is 0 Å². The van der Waals surface area contributed by atoms with Crippen LogP contribution in [-0.4, -0.2) is 13.1 Å². The van der Waals surface area contributed by atoms with Crippen molar-refractivity contribution in [2.75, 3.05) is 7.11 Å². The fourth-order valence-electron chi connectivity index (χ4n) is 1.04. The molecule has 1 rings (SSSR count). The van der Waals surface area contributed by atoms with E-state index in [0.717, 1.165) is 5.56 Å². The van der Waals surface area contributed by atoms with Gasteiger partial charge < -0.3 is 4.74 Å². The summed E-state index contributed by atoms with van der Waals surface area (Å²) in [6.45, 7) is 3.47. The zero-order valence-electron chi connectivity index (χ0n) is 8.83. The number of carbonyl (C=O) groups excluding carboxylic acids is 1. The highest BCUT2D eigenvalue weighted by Gasteiger charge is 2.11. The van der Waals surface area contributed by atoms with Crippen LogP contribution < -0.4 is 10.2 Å². The smallest absolute Gasteiger partial charge is 0.361 e. The van der Waals surface area contributed by atoms with Gasteiger partial charge in [-0.1, -0.05) is 40.7 Å². The van der Waals surface area contributed by atoms with Gasteiger partial charge in [0.05, 0.1) is 7.11 Å². The Morgan fingerprint density at radius 1 is 1.50 bits per heavy atom. The first kappa shape index (κ1) is 12.7. The van der Waals surface area contributed by atoms with Crippen LogP contribution in [0.5, 0.6) is 5.75 Å².